The van der Waals surface area contributed by atoms with Gasteiger partial charge in [0.15, 0.2) is 0 Å². The van der Waals surface area contributed by atoms with Crippen LogP contribution in [0.3, 0.4) is 0 Å². The summed E-state index contributed by atoms with van der Waals surface area (Å²) in [7, 11) is 0. The number of nitrogens with zero attached hydrogens (tertiary/aromatic N) is 2. The lowest BCUT2D eigenvalue weighted by Gasteiger charge is -2.31. The Bertz CT molecular complexity index is 684. The summed E-state index contributed by atoms with van der Waals surface area (Å²) in [5, 5.41) is 20.6. The molecule has 32 heavy (non-hydrogen) atoms. The predicted octanol–water partition coefficient (Wildman–Crippen LogP) is -1.43. The highest BCUT2D eigenvalue weighted by Gasteiger charge is 2.39. The minimum absolute atomic E-state index is 0.342. The number of nitrogens with one attached hydrogen (secondary N) is 1. The Labute approximate surface area is 187 Å². The first kappa shape index (κ1) is 27.3. The number of unbranched alkanes of at least 4 members (excludes halogenated alkanes) is 1. The van der Waals surface area contributed by atoms with Gasteiger partial charge in [-0.3, -0.25) is 24.0 Å². The Balaban J connectivity index is 2.91. The molecule has 1 heterocycles. The Hall–Kier alpha value is -2.73. The Morgan fingerprint density at radius 1 is 1.09 bits per heavy atom. The van der Waals surface area contributed by atoms with Crippen molar-refractivity contribution in [3.8, 4) is 0 Å². The second-order valence-electron chi connectivity index (χ2n) is 8.29. The number of carbonyl (C=O) groups is 5. The van der Waals surface area contributed by atoms with E-state index < -0.39 is 60.9 Å². The van der Waals surface area contributed by atoms with E-state index in [-0.39, 0.29) is 5.91 Å². The minimum Gasteiger partial charge on any atom is -0.480 e. The van der Waals surface area contributed by atoms with Crippen LogP contribution in [0.5, 0.6) is 0 Å². The largest absolute Gasteiger partial charge is 0.480 e. The van der Waals surface area contributed by atoms with Gasteiger partial charge in [0.2, 0.25) is 17.7 Å². The van der Waals surface area contributed by atoms with Crippen molar-refractivity contribution in [2.75, 3.05) is 26.2 Å². The first-order valence-electron chi connectivity index (χ1n) is 10.8. The predicted molar refractivity (Wildman–Crippen MR) is 114 cm³/mol. The van der Waals surface area contributed by atoms with Crippen LogP contribution in [-0.4, -0.2) is 94.0 Å². The third-order valence-electron chi connectivity index (χ3n) is 5.32. The number of likely N-dealkylation sites (tertiary alicyclic amines) is 1. The third-order valence-corrected chi connectivity index (χ3v) is 5.32. The Morgan fingerprint density at radius 3 is 2.19 bits per heavy atom. The molecular weight excluding hydrogens is 422 g/mol. The quantitative estimate of drug-likeness (QED) is 0.206. The number of aliphatic carboxylic acids is 2. The summed E-state index contributed by atoms with van der Waals surface area (Å²) in [4.78, 5) is 62.8. The summed E-state index contributed by atoms with van der Waals surface area (Å²) < 4.78 is 0. The van der Waals surface area contributed by atoms with Gasteiger partial charge in [0.1, 0.15) is 25.2 Å². The van der Waals surface area contributed by atoms with Gasteiger partial charge in [-0.2, -0.15) is 0 Å². The van der Waals surface area contributed by atoms with Crippen molar-refractivity contribution in [3.63, 3.8) is 0 Å². The molecule has 1 saturated heterocycles. The zero-order chi connectivity index (χ0) is 24.4. The van der Waals surface area contributed by atoms with Crippen molar-refractivity contribution >= 4 is 29.7 Å². The maximum Gasteiger partial charge on any atom is 0.323 e. The van der Waals surface area contributed by atoms with Crippen molar-refractivity contribution < 1.29 is 34.2 Å². The molecule has 1 aliphatic rings. The van der Waals surface area contributed by atoms with E-state index >= 15 is 0 Å². The van der Waals surface area contributed by atoms with Crippen LogP contribution in [0, 0.1) is 5.92 Å². The average molecular weight is 458 g/mol. The maximum absolute atomic E-state index is 13.0. The molecule has 7 N–H and O–H groups in total. The standard InChI is InChI=1S/C20H35N5O7/c1-12(2)17(20(32)24(10-15(26)27)11-16(28)29)23-18(30)14-7-5-9-25(14)19(31)13(22)6-3-4-8-21/h12-14,17H,3-11,21-22H2,1-2H3,(H,23,30)(H,26,27)(H,28,29)/t13-,14-,17-/m0/s1. The summed E-state index contributed by atoms with van der Waals surface area (Å²) in [6.07, 6.45) is 2.89. The SMILES string of the molecule is CC(C)[C@H](NC(=O)[C@@H]1CCCN1C(=O)[C@@H](N)CCCCN)C(=O)N(CC(=O)O)CC(=O)O. The molecule has 0 bridgehead atoms. The van der Waals surface area contributed by atoms with E-state index in [0.29, 0.717) is 43.7 Å². The van der Waals surface area contributed by atoms with Crippen molar-refractivity contribution in [3.05, 3.63) is 0 Å². The fourth-order valence-electron chi connectivity index (χ4n) is 3.65. The topological polar surface area (TPSA) is 196 Å². The zero-order valence-electron chi connectivity index (χ0n) is 18.7. The van der Waals surface area contributed by atoms with Gasteiger partial charge < -0.3 is 36.8 Å². The van der Waals surface area contributed by atoms with Crippen LogP contribution in [0.1, 0.15) is 46.0 Å². The van der Waals surface area contributed by atoms with Crippen LogP contribution in [0.4, 0.5) is 0 Å². The molecule has 1 fully saturated rings. The van der Waals surface area contributed by atoms with E-state index in [1.54, 1.807) is 13.8 Å². The Morgan fingerprint density at radius 2 is 1.69 bits per heavy atom. The summed E-state index contributed by atoms with van der Waals surface area (Å²) >= 11 is 0. The highest BCUT2D eigenvalue weighted by atomic mass is 16.4. The minimum atomic E-state index is -1.37. The number of hydrogen-bond donors (Lipinski definition) is 5. The lowest BCUT2D eigenvalue weighted by molar-refractivity contribution is -0.151. The lowest BCUT2D eigenvalue weighted by Crippen LogP contribution is -2.57. The molecule has 0 aromatic heterocycles. The summed E-state index contributed by atoms with van der Waals surface area (Å²) in [6, 6.07) is -2.69. The molecule has 0 spiro atoms. The van der Waals surface area contributed by atoms with Crippen LogP contribution >= 0.6 is 0 Å². The number of rotatable bonds is 13. The van der Waals surface area contributed by atoms with Gasteiger partial charge in [0.05, 0.1) is 6.04 Å². The van der Waals surface area contributed by atoms with E-state index in [4.69, 9.17) is 21.7 Å². The van der Waals surface area contributed by atoms with Crippen LogP contribution in [0.2, 0.25) is 0 Å². The molecule has 12 nitrogen and oxygen atoms in total. The lowest BCUT2D eigenvalue weighted by atomic mass is 10.0. The molecule has 0 unspecified atom stereocenters. The second-order valence-corrected chi connectivity index (χ2v) is 8.29. The van der Waals surface area contributed by atoms with Gasteiger partial charge in [0.25, 0.3) is 0 Å². The summed E-state index contributed by atoms with van der Waals surface area (Å²) in [5.74, 6) is -4.89. The van der Waals surface area contributed by atoms with Gasteiger partial charge in [0, 0.05) is 6.54 Å². The van der Waals surface area contributed by atoms with E-state index in [9.17, 15) is 24.0 Å². The number of carbonyl (C=O) groups excluding carboxylic acids is 3. The van der Waals surface area contributed by atoms with Gasteiger partial charge in [-0.05, 0) is 38.1 Å². The Kier molecular flexibility index (Phi) is 11.1. The molecular formula is C20H35N5O7. The molecule has 0 aromatic rings. The first-order chi connectivity index (χ1) is 15.0. The highest BCUT2D eigenvalue weighted by molar-refractivity contribution is 5.95. The molecule has 3 atom stereocenters. The van der Waals surface area contributed by atoms with Crippen molar-refractivity contribution in [1.82, 2.24) is 15.1 Å². The van der Waals surface area contributed by atoms with E-state index in [1.807, 2.05) is 0 Å². The van der Waals surface area contributed by atoms with E-state index in [2.05, 4.69) is 5.32 Å². The monoisotopic (exact) mass is 457 g/mol. The molecule has 1 rings (SSSR count). The number of nitrogens with two attached hydrogens (primary N) is 2. The van der Waals surface area contributed by atoms with E-state index in [0.717, 1.165) is 6.42 Å². The second kappa shape index (κ2) is 13.0. The van der Waals surface area contributed by atoms with Gasteiger partial charge >= 0.3 is 11.9 Å². The zero-order valence-corrected chi connectivity index (χ0v) is 18.7. The molecule has 0 radical (unpaired) electrons. The normalized spacial score (nSPS) is 17.7. The summed E-state index contributed by atoms with van der Waals surface area (Å²) in [6.45, 7) is 2.54. The molecule has 1 aliphatic heterocycles. The van der Waals surface area contributed by atoms with Gasteiger partial charge in [-0.1, -0.05) is 20.3 Å². The fourth-order valence-corrected chi connectivity index (χ4v) is 3.65. The fraction of sp³-hybridized carbons (Fsp3) is 0.750. The highest BCUT2D eigenvalue weighted by Crippen LogP contribution is 2.20. The van der Waals surface area contributed by atoms with Crippen molar-refractivity contribution in [2.45, 2.75) is 64.1 Å². The van der Waals surface area contributed by atoms with Crippen molar-refractivity contribution in [2.24, 2.45) is 17.4 Å². The summed E-state index contributed by atoms with van der Waals surface area (Å²) in [5.41, 5.74) is 11.5. The van der Waals surface area contributed by atoms with Crippen molar-refractivity contribution in [1.29, 1.82) is 0 Å². The average Bonchev–Trinajstić information content (AvgIpc) is 3.19. The van der Waals surface area contributed by atoms with Crippen LogP contribution in [-0.2, 0) is 24.0 Å². The molecule has 182 valence electrons. The smallest absolute Gasteiger partial charge is 0.323 e. The molecule has 0 aromatic carbocycles. The number of hydrogen-bond acceptors (Lipinski definition) is 7. The van der Waals surface area contributed by atoms with Crippen LogP contribution in [0.15, 0.2) is 0 Å². The van der Waals surface area contributed by atoms with Gasteiger partial charge in [-0.25, -0.2) is 0 Å². The molecule has 0 saturated carbocycles. The number of amides is 3. The molecule has 12 heteroatoms. The van der Waals surface area contributed by atoms with Crippen LogP contribution in [0.25, 0.3) is 0 Å². The van der Waals surface area contributed by atoms with Crippen LogP contribution < -0.4 is 16.8 Å². The van der Waals surface area contributed by atoms with E-state index in [1.165, 1.54) is 4.90 Å². The van der Waals surface area contributed by atoms with Gasteiger partial charge in [-0.15, -0.1) is 0 Å². The maximum atomic E-state index is 13.0. The number of carboxylic acids is 2. The number of carboxylic acid groups (broad SMARTS) is 2. The third kappa shape index (κ3) is 8.08. The molecule has 0 aliphatic carbocycles. The molecule has 3 amide bonds. The first-order valence-corrected chi connectivity index (χ1v) is 10.8.